The molecule has 1 unspecified atom stereocenters. The van der Waals surface area contributed by atoms with Crippen LogP contribution in [0.15, 0.2) is 87.6 Å². The highest BCUT2D eigenvalue weighted by molar-refractivity contribution is 9.10. The number of aromatic nitrogens is 3. The Morgan fingerprint density at radius 1 is 1.07 bits per heavy atom. The number of carbonyl (C=O) groups is 1. The van der Waals surface area contributed by atoms with E-state index in [0.717, 1.165) is 21.2 Å². The van der Waals surface area contributed by atoms with Crippen molar-refractivity contribution < 1.29 is 14.3 Å². The van der Waals surface area contributed by atoms with Crippen molar-refractivity contribution in [3.05, 3.63) is 109 Å². The molecule has 0 saturated heterocycles. The first-order chi connectivity index (χ1) is 19.4. The summed E-state index contributed by atoms with van der Waals surface area (Å²) in [6.07, 6.45) is 0. The fraction of sp³-hybridized carbons (Fsp3) is 0.207. The summed E-state index contributed by atoms with van der Waals surface area (Å²) in [7, 11) is 0. The summed E-state index contributed by atoms with van der Waals surface area (Å²) in [5.41, 5.74) is 3.60. The molecule has 206 valence electrons. The maximum Gasteiger partial charge on any atom is 0.338 e. The summed E-state index contributed by atoms with van der Waals surface area (Å²) in [6, 6.07) is 20.2. The molecule has 1 aromatic heterocycles. The minimum Gasteiger partial charge on any atom is -0.488 e. The van der Waals surface area contributed by atoms with E-state index >= 15 is 0 Å². The van der Waals surface area contributed by atoms with Crippen LogP contribution in [-0.2, 0) is 21.9 Å². The Kier molecular flexibility index (Phi) is 9.05. The quantitative estimate of drug-likeness (QED) is 0.144. The molecule has 2 heterocycles. The highest BCUT2D eigenvalue weighted by Crippen LogP contribution is 2.42. The maximum atomic E-state index is 13.3. The Balaban J connectivity index is 1.54. The summed E-state index contributed by atoms with van der Waals surface area (Å²) >= 11 is 17.8. The first-order valence-corrected chi connectivity index (χ1v) is 15.0. The van der Waals surface area contributed by atoms with Gasteiger partial charge in [0.1, 0.15) is 18.4 Å². The number of hydrogen-bond acceptors (Lipinski definition) is 7. The van der Waals surface area contributed by atoms with Gasteiger partial charge in [-0.15, -0.1) is 5.10 Å². The fourth-order valence-electron chi connectivity index (χ4n) is 4.35. The fourth-order valence-corrected chi connectivity index (χ4v) is 6.03. The third-order valence-corrected chi connectivity index (χ3v) is 8.37. The van der Waals surface area contributed by atoms with Gasteiger partial charge < -0.3 is 14.8 Å². The molecule has 0 amide bonds. The normalized spacial score (nSPS) is 14.5. The van der Waals surface area contributed by atoms with Crippen molar-refractivity contribution >= 4 is 62.8 Å². The number of nitrogens with one attached hydrogen (secondary N) is 1. The van der Waals surface area contributed by atoms with Gasteiger partial charge in [-0.1, -0.05) is 87.3 Å². The Morgan fingerprint density at radius 2 is 1.77 bits per heavy atom. The first kappa shape index (κ1) is 28.5. The van der Waals surface area contributed by atoms with Crippen LogP contribution in [-0.4, -0.2) is 27.3 Å². The number of benzene rings is 3. The maximum absolute atomic E-state index is 13.3. The van der Waals surface area contributed by atoms with Gasteiger partial charge in [0.15, 0.2) is 0 Å². The van der Waals surface area contributed by atoms with Crippen LogP contribution in [0.25, 0.3) is 0 Å². The van der Waals surface area contributed by atoms with Crippen molar-refractivity contribution in [3.63, 3.8) is 0 Å². The molecule has 0 fully saturated rings. The molecule has 5 rings (SSSR count). The van der Waals surface area contributed by atoms with E-state index in [1.165, 1.54) is 11.8 Å². The van der Waals surface area contributed by atoms with E-state index in [9.17, 15) is 4.79 Å². The molecular weight excluding hydrogens is 635 g/mol. The Bertz CT molecular complexity index is 1590. The van der Waals surface area contributed by atoms with E-state index in [0.29, 0.717) is 43.9 Å². The van der Waals surface area contributed by atoms with Gasteiger partial charge in [-0.25, -0.2) is 9.48 Å². The van der Waals surface area contributed by atoms with E-state index in [-0.39, 0.29) is 13.2 Å². The molecule has 4 aromatic rings. The Labute approximate surface area is 255 Å². The SMILES string of the molecule is CCOC(=O)C1=C(C)Nc2nc(SCc3ccccc3Cl)nn2C1c1cc(Br)ccc1OCc1ccccc1Cl. The average Bonchev–Trinajstić information content (AvgIpc) is 3.34. The topological polar surface area (TPSA) is 78.3 Å². The summed E-state index contributed by atoms with van der Waals surface area (Å²) in [6.45, 7) is 4.09. The van der Waals surface area contributed by atoms with Crippen LogP contribution in [0.4, 0.5) is 5.95 Å². The Hall–Kier alpha value is -2.98. The molecule has 3 aromatic carbocycles. The van der Waals surface area contributed by atoms with Crippen LogP contribution in [0.1, 0.15) is 36.6 Å². The number of carbonyl (C=O) groups excluding carboxylic acids is 1. The number of hydrogen-bond donors (Lipinski definition) is 1. The number of ether oxygens (including phenoxy) is 2. The zero-order valence-electron chi connectivity index (χ0n) is 21.7. The molecule has 11 heteroatoms. The van der Waals surface area contributed by atoms with Gasteiger partial charge >= 0.3 is 5.97 Å². The van der Waals surface area contributed by atoms with Crippen molar-refractivity contribution in [3.8, 4) is 5.75 Å². The van der Waals surface area contributed by atoms with Gasteiger partial charge in [-0.05, 0) is 49.7 Å². The monoisotopic (exact) mass is 658 g/mol. The lowest BCUT2D eigenvalue weighted by atomic mass is 9.95. The number of anilines is 1. The van der Waals surface area contributed by atoms with Crippen LogP contribution in [0.5, 0.6) is 5.75 Å². The van der Waals surface area contributed by atoms with Gasteiger partial charge in [-0.2, -0.15) is 4.98 Å². The second-order valence-corrected chi connectivity index (χ2v) is 11.6. The molecule has 0 aliphatic carbocycles. The molecule has 0 spiro atoms. The second-order valence-electron chi connectivity index (χ2n) is 8.89. The lowest BCUT2D eigenvalue weighted by Gasteiger charge is -2.29. The van der Waals surface area contributed by atoms with Crippen LogP contribution in [0.2, 0.25) is 10.0 Å². The number of esters is 1. The average molecular weight is 660 g/mol. The highest BCUT2D eigenvalue weighted by atomic mass is 79.9. The molecule has 40 heavy (non-hydrogen) atoms. The molecule has 0 bridgehead atoms. The summed E-state index contributed by atoms with van der Waals surface area (Å²) < 4.78 is 14.3. The van der Waals surface area contributed by atoms with Crippen LogP contribution < -0.4 is 10.1 Å². The summed E-state index contributed by atoms with van der Waals surface area (Å²) in [5, 5.41) is 9.89. The van der Waals surface area contributed by atoms with Crippen LogP contribution in [0.3, 0.4) is 0 Å². The van der Waals surface area contributed by atoms with Crippen molar-refractivity contribution in [1.29, 1.82) is 0 Å². The molecule has 0 radical (unpaired) electrons. The molecular formula is C29H25BrCl2N4O3S. The lowest BCUT2D eigenvalue weighted by molar-refractivity contribution is -0.139. The van der Waals surface area contributed by atoms with Crippen molar-refractivity contribution in [1.82, 2.24) is 14.8 Å². The van der Waals surface area contributed by atoms with Gasteiger partial charge in [0.25, 0.3) is 0 Å². The molecule has 7 nitrogen and oxygen atoms in total. The zero-order chi connectivity index (χ0) is 28.2. The predicted molar refractivity (Wildman–Crippen MR) is 162 cm³/mol. The van der Waals surface area contributed by atoms with Crippen molar-refractivity contribution in [2.24, 2.45) is 0 Å². The number of rotatable bonds is 9. The standard InChI is InChI=1S/C29H25BrCl2N4O3S/c1-3-38-27(37)25-17(2)33-28-34-29(40-16-19-9-5-7-11-23(19)32)35-36(28)26(25)21-14-20(30)12-13-24(21)39-15-18-8-4-6-10-22(18)31/h4-14,26H,3,15-16H2,1-2H3,(H,33,34,35). The molecule has 1 N–H and O–H groups in total. The third-order valence-electron chi connectivity index (χ3n) is 6.25. The predicted octanol–water partition coefficient (Wildman–Crippen LogP) is 8.07. The van der Waals surface area contributed by atoms with E-state index in [1.54, 1.807) is 11.6 Å². The van der Waals surface area contributed by atoms with Gasteiger partial charge in [0, 0.05) is 37.1 Å². The molecule has 1 aliphatic rings. The number of thioether (sulfide) groups is 1. The molecule has 1 aliphatic heterocycles. The molecule has 0 saturated carbocycles. The van der Waals surface area contributed by atoms with Crippen molar-refractivity contribution in [2.75, 3.05) is 11.9 Å². The summed E-state index contributed by atoms with van der Waals surface area (Å²) in [5.74, 6) is 1.24. The van der Waals surface area contributed by atoms with Gasteiger partial charge in [0.05, 0.1) is 12.2 Å². The zero-order valence-corrected chi connectivity index (χ0v) is 25.6. The molecule has 1 atom stereocenters. The van der Waals surface area contributed by atoms with E-state index in [1.807, 2.05) is 73.7 Å². The largest absolute Gasteiger partial charge is 0.488 e. The van der Waals surface area contributed by atoms with Crippen LogP contribution >= 0.6 is 50.9 Å². The second kappa shape index (κ2) is 12.7. The number of allylic oxidation sites excluding steroid dienone is 1. The van der Waals surface area contributed by atoms with Gasteiger partial charge in [0.2, 0.25) is 11.1 Å². The summed E-state index contributed by atoms with van der Waals surface area (Å²) in [4.78, 5) is 18.0. The highest BCUT2D eigenvalue weighted by Gasteiger charge is 2.37. The number of nitrogens with zero attached hydrogens (tertiary/aromatic N) is 3. The minimum atomic E-state index is -0.656. The van der Waals surface area contributed by atoms with Gasteiger partial charge in [-0.3, -0.25) is 0 Å². The smallest absolute Gasteiger partial charge is 0.338 e. The van der Waals surface area contributed by atoms with E-state index < -0.39 is 12.0 Å². The number of halogens is 3. The Morgan fingerprint density at radius 3 is 2.48 bits per heavy atom. The van der Waals surface area contributed by atoms with Crippen molar-refractivity contribution in [2.45, 2.75) is 37.4 Å². The van der Waals surface area contributed by atoms with E-state index in [4.69, 9.17) is 42.8 Å². The van der Waals surface area contributed by atoms with Crippen LogP contribution in [0, 0.1) is 0 Å². The van der Waals surface area contributed by atoms with E-state index in [2.05, 4.69) is 21.2 Å². The lowest BCUT2D eigenvalue weighted by Crippen LogP contribution is -2.30. The first-order valence-electron chi connectivity index (χ1n) is 12.5. The number of fused-ring (bicyclic) bond motifs is 1. The minimum absolute atomic E-state index is 0.236. The third kappa shape index (κ3) is 6.17.